The number of benzene rings is 2. The van der Waals surface area contributed by atoms with Crippen molar-refractivity contribution in [2.45, 2.75) is 39.8 Å². The molecule has 2 aromatic carbocycles. The van der Waals surface area contributed by atoms with Gasteiger partial charge in [0.2, 0.25) is 0 Å². The number of hydrogen-bond donors (Lipinski definition) is 1. The molecule has 0 aliphatic carbocycles. The van der Waals surface area contributed by atoms with Gasteiger partial charge in [-0.05, 0) is 64.4 Å². The van der Waals surface area contributed by atoms with E-state index in [-0.39, 0.29) is 5.75 Å². The largest absolute Gasteiger partial charge is 0.507 e. The third-order valence-electron chi connectivity index (χ3n) is 3.59. The maximum Gasteiger partial charge on any atom is 0.286 e. The summed E-state index contributed by atoms with van der Waals surface area (Å²) in [6.45, 7) is 9.48. The Balaban J connectivity index is 2.56. The van der Waals surface area contributed by atoms with Gasteiger partial charge in [0.15, 0.2) is 0 Å². The van der Waals surface area contributed by atoms with Crippen LogP contribution in [0.15, 0.2) is 42.5 Å². The summed E-state index contributed by atoms with van der Waals surface area (Å²) in [7, 11) is -3.31. The number of rotatable bonds is 3. The maximum atomic E-state index is 13.7. The van der Waals surface area contributed by atoms with Crippen molar-refractivity contribution < 1.29 is 14.2 Å². The van der Waals surface area contributed by atoms with Gasteiger partial charge in [0.05, 0.1) is 10.5 Å². The fourth-order valence-electron chi connectivity index (χ4n) is 2.16. The molecular weight excluding hydrogens is 295 g/mol. The third kappa shape index (κ3) is 3.20. The second-order valence-corrected chi connectivity index (χ2v) is 9.73. The summed E-state index contributed by atoms with van der Waals surface area (Å²) in [5.74, 6) is 0.556. The molecule has 0 aliphatic rings. The smallest absolute Gasteiger partial charge is 0.286 e. The maximum absolute atomic E-state index is 13.7. The van der Waals surface area contributed by atoms with E-state index in [2.05, 4.69) is 0 Å². The number of phenolic OH excluding ortho intramolecular Hbond substituents is 1. The van der Waals surface area contributed by atoms with Gasteiger partial charge in [-0.3, -0.25) is 4.57 Å². The van der Waals surface area contributed by atoms with Gasteiger partial charge < -0.3 is 9.63 Å². The van der Waals surface area contributed by atoms with Crippen molar-refractivity contribution in [2.24, 2.45) is 0 Å². The molecule has 0 fully saturated rings. The summed E-state index contributed by atoms with van der Waals surface area (Å²) in [4.78, 5) is 0. The first-order valence-corrected chi connectivity index (χ1v) is 8.92. The number of aromatic hydroxyl groups is 1. The Kier molecular flexibility index (Phi) is 4.39. The lowest BCUT2D eigenvalue weighted by atomic mass is 10.2. The van der Waals surface area contributed by atoms with Crippen LogP contribution in [0, 0.1) is 13.8 Å². The van der Waals surface area contributed by atoms with Gasteiger partial charge in [-0.25, -0.2) is 0 Å². The summed E-state index contributed by atoms with van der Waals surface area (Å²) in [6, 6.07) is 12.5. The fraction of sp³-hybridized carbons (Fsp3) is 0.333. The molecule has 0 heterocycles. The van der Waals surface area contributed by atoms with Crippen LogP contribution in [-0.4, -0.2) is 10.3 Å². The molecule has 22 heavy (non-hydrogen) atoms. The molecule has 0 aliphatic heterocycles. The highest BCUT2D eigenvalue weighted by molar-refractivity contribution is 7.69. The molecule has 0 bridgehead atoms. The quantitative estimate of drug-likeness (QED) is 0.828. The topological polar surface area (TPSA) is 46.5 Å². The van der Waals surface area contributed by atoms with Gasteiger partial charge in [0.1, 0.15) is 11.5 Å². The van der Waals surface area contributed by atoms with Crippen LogP contribution in [0.5, 0.6) is 11.5 Å². The molecule has 2 rings (SSSR count). The highest BCUT2D eigenvalue weighted by atomic mass is 31.2. The number of phenols is 1. The molecule has 0 radical (unpaired) electrons. The summed E-state index contributed by atoms with van der Waals surface area (Å²) in [5, 5.41) is 9.94. The predicted octanol–water partition coefficient (Wildman–Crippen LogP) is 4.79. The molecule has 0 amide bonds. The van der Waals surface area contributed by atoms with Crippen LogP contribution in [0.2, 0.25) is 0 Å². The Labute approximate surface area is 132 Å². The lowest BCUT2D eigenvalue weighted by molar-refractivity contribution is 0.452. The van der Waals surface area contributed by atoms with E-state index in [1.807, 2.05) is 46.8 Å². The van der Waals surface area contributed by atoms with Crippen molar-refractivity contribution in [3.05, 3.63) is 53.6 Å². The van der Waals surface area contributed by atoms with Crippen LogP contribution in [0.25, 0.3) is 0 Å². The van der Waals surface area contributed by atoms with Crippen LogP contribution in [0.3, 0.4) is 0 Å². The van der Waals surface area contributed by atoms with E-state index in [4.69, 9.17) is 4.52 Å². The van der Waals surface area contributed by atoms with E-state index in [9.17, 15) is 9.67 Å². The molecule has 0 saturated carbocycles. The Morgan fingerprint density at radius 3 is 2.05 bits per heavy atom. The minimum absolute atomic E-state index is 0.0102. The highest BCUT2D eigenvalue weighted by Crippen LogP contribution is 2.58. The molecule has 0 spiro atoms. The molecule has 1 atom stereocenters. The average Bonchev–Trinajstić information content (AvgIpc) is 2.42. The van der Waals surface area contributed by atoms with Crippen molar-refractivity contribution in [3.63, 3.8) is 0 Å². The number of aryl methyl sites for hydroxylation is 2. The van der Waals surface area contributed by atoms with Gasteiger partial charge >= 0.3 is 0 Å². The van der Waals surface area contributed by atoms with Gasteiger partial charge in [0, 0.05) is 0 Å². The van der Waals surface area contributed by atoms with Crippen LogP contribution in [0.1, 0.15) is 31.9 Å². The Morgan fingerprint density at radius 2 is 1.50 bits per heavy atom. The van der Waals surface area contributed by atoms with Crippen molar-refractivity contribution >= 4 is 12.7 Å². The van der Waals surface area contributed by atoms with Gasteiger partial charge in [-0.1, -0.05) is 23.8 Å². The zero-order valence-corrected chi connectivity index (χ0v) is 14.6. The first kappa shape index (κ1) is 16.6. The van der Waals surface area contributed by atoms with E-state index in [1.165, 1.54) is 0 Å². The van der Waals surface area contributed by atoms with E-state index in [0.717, 1.165) is 11.1 Å². The van der Waals surface area contributed by atoms with Crippen molar-refractivity contribution in [3.8, 4) is 11.5 Å². The van der Waals surface area contributed by atoms with Crippen molar-refractivity contribution in [1.29, 1.82) is 0 Å². The van der Waals surface area contributed by atoms with Crippen LogP contribution in [0.4, 0.5) is 0 Å². The SMILES string of the molecule is Cc1ccc(OP(=O)(c2cc(C)ccc2O)C(C)(C)C)cc1. The molecular formula is C18H23O3P. The molecule has 1 unspecified atom stereocenters. The molecule has 2 aromatic rings. The van der Waals surface area contributed by atoms with E-state index < -0.39 is 12.5 Å². The lowest BCUT2D eigenvalue weighted by Gasteiger charge is -2.32. The molecule has 0 aromatic heterocycles. The van der Waals surface area contributed by atoms with Gasteiger partial charge in [-0.15, -0.1) is 0 Å². The average molecular weight is 318 g/mol. The van der Waals surface area contributed by atoms with Crippen LogP contribution in [-0.2, 0) is 4.57 Å². The Hall–Kier alpha value is -1.73. The first-order valence-electron chi connectivity index (χ1n) is 7.30. The third-order valence-corrected chi connectivity index (χ3v) is 6.81. The second-order valence-electron chi connectivity index (χ2n) is 6.62. The molecule has 4 heteroatoms. The van der Waals surface area contributed by atoms with Crippen LogP contribution < -0.4 is 9.83 Å². The first-order chi connectivity index (χ1) is 10.1. The minimum Gasteiger partial charge on any atom is -0.507 e. The standard InChI is InChI=1S/C18H23O3P/c1-13-6-9-15(10-7-13)21-22(20,18(3,4)5)17-12-14(2)8-11-16(17)19/h6-12,19H,1-5H3. The fourth-order valence-corrected chi connectivity index (χ4v) is 4.43. The van der Waals surface area contributed by atoms with Crippen molar-refractivity contribution in [1.82, 2.24) is 0 Å². The lowest BCUT2D eigenvalue weighted by Crippen LogP contribution is -2.27. The normalized spacial score (nSPS) is 14.4. The van der Waals surface area contributed by atoms with Gasteiger partial charge in [-0.2, -0.15) is 0 Å². The summed E-state index contributed by atoms with van der Waals surface area (Å²) in [6.07, 6.45) is 0. The Morgan fingerprint density at radius 1 is 0.955 bits per heavy atom. The molecule has 0 saturated heterocycles. The molecule has 118 valence electrons. The summed E-state index contributed by atoms with van der Waals surface area (Å²) in [5.41, 5.74) is 2.04. The van der Waals surface area contributed by atoms with Crippen molar-refractivity contribution in [2.75, 3.05) is 0 Å². The minimum atomic E-state index is -3.31. The number of hydrogen-bond acceptors (Lipinski definition) is 3. The molecule has 3 nitrogen and oxygen atoms in total. The zero-order chi connectivity index (χ0) is 16.5. The zero-order valence-electron chi connectivity index (χ0n) is 13.8. The van der Waals surface area contributed by atoms with E-state index in [0.29, 0.717) is 11.1 Å². The van der Waals surface area contributed by atoms with Gasteiger partial charge in [0.25, 0.3) is 7.37 Å². The van der Waals surface area contributed by atoms with E-state index in [1.54, 1.807) is 30.3 Å². The predicted molar refractivity (Wildman–Crippen MR) is 91.6 cm³/mol. The summed E-state index contributed by atoms with van der Waals surface area (Å²) < 4.78 is 19.6. The second kappa shape index (κ2) is 5.81. The van der Waals surface area contributed by atoms with E-state index >= 15 is 0 Å². The molecule has 1 N–H and O–H groups in total. The van der Waals surface area contributed by atoms with Crippen LogP contribution >= 0.6 is 7.37 Å². The summed E-state index contributed by atoms with van der Waals surface area (Å²) >= 11 is 0. The monoisotopic (exact) mass is 318 g/mol. The Bertz CT molecular complexity index is 712. The highest BCUT2D eigenvalue weighted by Gasteiger charge is 2.43.